The van der Waals surface area contributed by atoms with E-state index in [0.717, 1.165) is 47.4 Å². The van der Waals surface area contributed by atoms with Crippen LogP contribution < -0.4 is 4.90 Å². The number of aromatic nitrogens is 4. The molecule has 4 heterocycles. The molecule has 0 spiro atoms. The highest BCUT2D eigenvalue weighted by molar-refractivity contribution is 9.10. The molecule has 0 atom stereocenters. The van der Waals surface area contributed by atoms with Crippen molar-refractivity contribution in [3.63, 3.8) is 0 Å². The van der Waals surface area contributed by atoms with E-state index in [-0.39, 0.29) is 5.91 Å². The standard InChI is InChI=1S/C20H22BrN5O/c1-3-25(16-9-8-14(21)12-22-16)20(27)15-11-13(2)23-19-18(15)24-17-7-5-4-6-10-26(17)19/h8-9,11-12H,3-7,10H2,1-2H3. The molecule has 1 aliphatic heterocycles. The van der Waals surface area contributed by atoms with Gasteiger partial charge in [-0.2, -0.15) is 0 Å². The molecule has 27 heavy (non-hydrogen) atoms. The maximum absolute atomic E-state index is 13.4. The van der Waals surface area contributed by atoms with E-state index in [1.165, 1.54) is 6.42 Å². The quantitative estimate of drug-likeness (QED) is 0.625. The van der Waals surface area contributed by atoms with Gasteiger partial charge in [-0.05, 0) is 60.8 Å². The Labute approximate surface area is 166 Å². The molecule has 0 N–H and O–H groups in total. The Bertz CT molecular complexity index is 996. The molecule has 0 fully saturated rings. The monoisotopic (exact) mass is 427 g/mol. The van der Waals surface area contributed by atoms with Crippen LogP contribution in [0.2, 0.25) is 0 Å². The molecule has 4 rings (SSSR count). The fraction of sp³-hybridized carbons (Fsp3) is 0.400. The summed E-state index contributed by atoms with van der Waals surface area (Å²) in [7, 11) is 0. The number of rotatable bonds is 3. The van der Waals surface area contributed by atoms with Crippen LogP contribution in [0.4, 0.5) is 5.82 Å². The molecule has 0 saturated heterocycles. The lowest BCUT2D eigenvalue weighted by Crippen LogP contribution is -2.31. The summed E-state index contributed by atoms with van der Waals surface area (Å²) in [6.07, 6.45) is 6.12. The topological polar surface area (TPSA) is 63.9 Å². The maximum Gasteiger partial charge on any atom is 0.261 e. The molecular formula is C20H22BrN5O. The zero-order valence-corrected chi connectivity index (χ0v) is 17.2. The molecule has 3 aromatic heterocycles. The van der Waals surface area contributed by atoms with Crippen molar-refractivity contribution in [3.8, 4) is 0 Å². The van der Waals surface area contributed by atoms with Crippen molar-refractivity contribution in [1.29, 1.82) is 0 Å². The van der Waals surface area contributed by atoms with Gasteiger partial charge in [0.1, 0.15) is 17.2 Å². The Balaban J connectivity index is 1.82. The zero-order chi connectivity index (χ0) is 19.0. The van der Waals surface area contributed by atoms with E-state index in [0.29, 0.717) is 23.4 Å². The number of imidazole rings is 1. The molecule has 0 aromatic carbocycles. The predicted octanol–water partition coefficient (Wildman–Crippen LogP) is 4.29. The van der Waals surface area contributed by atoms with Crippen LogP contribution in [0.1, 0.15) is 48.1 Å². The number of hydrogen-bond acceptors (Lipinski definition) is 4. The van der Waals surface area contributed by atoms with Crippen LogP contribution in [0.15, 0.2) is 28.9 Å². The summed E-state index contributed by atoms with van der Waals surface area (Å²) in [4.78, 5) is 29.0. The highest BCUT2D eigenvalue weighted by Crippen LogP contribution is 2.26. The van der Waals surface area contributed by atoms with Gasteiger partial charge in [-0.25, -0.2) is 15.0 Å². The summed E-state index contributed by atoms with van der Waals surface area (Å²) in [6.45, 7) is 5.34. The van der Waals surface area contributed by atoms with Crippen molar-refractivity contribution >= 4 is 38.8 Å². The molecule has 0 bridgehead atoms. The Morgan fingerprint density at radius 1 is 1.26 bits per heavy atom. The highest BCUT2D eigenvalue weighted by Gasteiger charge is 2.24. The number of amides is 1. The lowest BCUT2D eigenvalue weighted by molar-refractivity contribution is 0.0989. The van der Waals surface area contributed by atoms with E-state index in [1.807, 2.05) is 32.0 Å². The highest BCUT2D eigenvalue weighted by atomic mass is 79.9. The molecule has 0 radical (unpaired) electrons. The summed E-state index contributed by atoms with van der Waals surface area (Å²) in [5, 5.41) is 0. The average Bonchev–Trinajstić information content (AvgIpc) is 2.85. The van der Waals surface area contributed by atoms with Crippen LogP contribution in [0.25, 0.3) is 11.2 Å². The first-order chi connectivity index (χ1) is 13.1. The molecule has 1 aliphatic rings. The van der Waals surface area contributed by atoms with Crippen molar-refractivity contribution < 1.29 is 4.79 Å². The van der Waals surface area contributed by atoms with Gasteiger partial charge >= 0.3 is 0 Å². The summed E-state index contributed by atoms with van der Waals surface area (Å²) in [6, 6.07) is 5.59. The second-order valence-corrected chi connectivity index (χ2v) is 7.77. The van der Waals surface area contributed by atoms with Gasteiger partial charge in [0.05, 0.1) is 5.56 Å². The van der Waals surface area contributed by atoms with Gasteiger partial charge in [0, 0.05) is 35.9 Å². The van der Waals surface area contributed by atoms with Crippen LogP contribution >= 0.6 is 15.9 Å². The van der Waals surface area contributed by atoms with Gasteiger partial charge in [-0.1, -0.05) is 6.42 Å². The molecule has 140 valence electrons. The van der Waals surface area contributed by atoms with Crippen molar-refractivity contribution in [2.24, 2.45) is 0 Å². The number of halogens is 1. The van der Waals surface area contributed by atoms with Crippen LogP contribution in [0, 0.1) is 6.92 Å². The largest absolute Gasteiger partial charge is 0.313 e. The van der Waals surface area contributed by atoms with E-state index < -0.39 is 0 Å². The normalized spacial score (nSPS) is 14.0. The van der Waals surface area contributed by atoms with Gasteiger partial charge in [0.15, 0.2) is 5.65 Å². The van der Waals surface area contributed by atoms with Crippen LogP contribution in [-0.2, 0) is 13.0 Å². The van der Waals surface area contributed by atoms with Crippen LogP contribution in [0.3, 0.4) is 0 Å². The third-order valence-electron chi connectivity index (χ3n) is 4.97. The molecule has 7 heteroatoms. The maximum atomic E-state index is 13.4. The van der Waals surface area contributed by atoms with Crippen LogP contribution in [-0.4, -0.2) is 32.0 Å². The van der Waals surface area contributed by atoms with Gasteiger partial charge in [-0.3, -0.25) is 9.69 Å². The van der Waals surface area contributed by atoms with Gasteiger partial charge in [0.2, 0.25) is 0 Å². The minimum atomic E-state index is -0.0870. The van der Waals surface area contributed by atoms with E-state index in [4.69, 9.17) is 9.97 Å². The van der Waals surface area contributed by atoms with E-state index in [2.05, 4.69) is 25.5 Å². The molecule has 3 aromatic rings. The summed E-state index contributed by atoms with van der Waals surface area (Å²) in [5.41, 5.74) is 2.97. The van der Waals surface area contributed by atoms with Crippen LogP contribution in [0.5, 0.6) is 0 Å². The minimum absolute atomic E-state index is 0.0870. The number of carbonyl (C=O) groups excluding carboxylic acids is 1. The van der Waals surface area contributed by atoms with Crippen molar-refractivity contribution in [1.82, 2.24) is 19.5 Å². The van der Waals surface area contributed by atoms with E-state index in [1.54, 1.807) is 11.1 Å². The van der Waals surface area contributed by atoms with Crippen molar-refractivity contribution in [2.75, 3.05) is 11.4 Å². The number of carbonyl (C=O) groups is 1. The SMILES string of the molecule is CCN(C(=O)c1cc(C)nc2c1nc1n2CCCCC1)c1ccc(Br)cn1. The van der Waals surface area contributed by atoms with Gasteiger partial charge in [-0.15, -0.1) is 0 Å². The zero-order valence-electron chi connectivity index (χ0n) is 15.6. The number of pyridine rings is 2. The van der Waals surface area contributed by atoms with Crippen molar-refractivity contribution in [2.45, 2.75) is 46.1 Å². The fourth-order valence-corrected chi connectivity index (χ4v) is 3.90. The lowest BCUT2D eigenvalue weighted by Gasteiger charge is -2.20. The summed E-state index contributed by atoms with van der Waals surface area (Å²) >= 11 is 3.39. The third-order valence-corrected chi connectivity index (χ3v) is 5.44. The summed E-state index contributed by atoms with van der Waals surface area (Å²) < 4.78 is 3.08. The molecular weight excluding hydrogens is 406 g/mol. The minimum Gasteiger partial charge on any atom is -0.313 e. The average molecular weight is 428 g/mol. The molecule has 0 unspecified atom stereocenters. The van der Waals surface area contributed by atoms with Crippen molar-refractivity contribution in [3.05, 3.63) is 46.0 Å². The molecule has 0 aliphatic carbocycles. The fourth-order valence-electron chi connectivity index (χ4n) is 3.66. The van der Waals surface area contributed by atoms with Gasteiger partial charge < -0.3 is 4.57 Å². The Morgan fingerprint density at radius 3 is 2.85 bits per heavy atom. The predicted molar refractivity (Wildman–Crippen MR) is 109 cm³/mol. The number of anilines is 1. The second-order valence-electron chi connectivity index (χ2n) is 6.86. The Kier molecular flexibility index (Phi) is 4.95. The van der Waals surface area contributed by atoms with E-state index >= 15 is 0 Å². The lowest BCUT2D eigenvalue weighted by atomic mass is 10.1. The molecule has 0 saturated carbocycles. The first-order valence-corrected chi connectivity index (χ1v) is 10.2. The second kappa shape index (κ2) is 7.38. The number of fused-ring (bicyclic) bond motifs is 3. The van der Waals surface area contributed by atoms with E-state index in [9.17, 15) is 4.79 Å². The first kappa shape index (κ1) is 18.1. The number of hydrogen-bond donors (Lipinski definition) is 0. The Hall–Kier alpha value is -2.28. The van der Waals surface area contributed by atoms with Gasteiger partial charge in [0.25, 0.3) is 5.91 Å². The third kappa shape index (κ3) is 3.36. The Morgan fingerprint density at radius 2 is 2.11 bits per heavy atom. The first-order valence-electron chi connectivity index (χ1n) is 9.38. The number of aryl methyl sites for hydroxylation is 3. The molecule has 1 amide bonds. The number of nitrogens with zero attached hydrogens (tertiary/aromatic N) is 5. The smallest absolute Gasteiger partial charge is 0.261 e. The molecule has 6 nitrogen and oxygen atoms in total. The summed E-state index contributed by atoms with van der Waals surface area (Å²) in [5.74, 6) is 1.59.